The lowest BCUT2D eigenvalue weighted by molar-refractivity contribution is -0.154. The molecule has 1 atom stereocenters. The summed E-state index contributed by atoms with van der Waals surface area (Å²) in [5.41, 5.74) is 3.17. The Morgan fingerprint density at radius 3 is 2.22 bits per heavy atom. The Labute approximate surface area is 186 Å². The number of nitrogens with zero attached hydrogens (tertiary/aromatic N) is 2. The first-order valence-corrected chi connectivity index (χ1v) is 11.7. The van der Waals surface area contributed by atoms with E-state index in [0.29, 0.717) is 23.2 Å². The summed E-state index contributed by atoms with van der Waals surface area (Å²) < 4.78 is 71.4. The molecular weight excluding hydrogens is 439 g/mol. The standard InChI is InChI=1S/C23H28F3N3O2S/c1-15-10-16(2)22(17(3)11-15)32(30,31)27-21(23(24,25)26)14-29-13-18(12-28(4)5)19-8-6-7-9-20(19)29/h6-11,13,21,27H,12,14H2,1-5H3. The van der Waals surface area contributed by atoms with E-state index in [2.05, 4.69) is 0 Å². The van der Waals surface area contributed by atoms with Gasteiger partial charge in [0.15, 0.2) is 0 Å². The maximum absolute atomic E-state index is 14.0. The lowest BCUT2D eigenvalue weighted by atomic mass is 10.1. The second-order valence-corrected chi connectivity index (χ2v) is 10.2. The van der Waals surface area contributed by atoms with Gasteiger partial charge in [-0.25, -0.2) is 8.42 Å². The molecule has 0 aliphatic carbocycles. The van der Waals surface area contributed by atoms with Crippen LogP contribution in [0.4, 0.5) is 13.2 Å². The van der Waals surface area contributed by atoms with Gasteiger partial charge in [-0.3, -0.25) is 0 Å². The number of hydrogen-bond donors (Lipinski definition) is 1. The Hall–Kier alpha value is -2.36. The van der Waals surface area contributed by atoms with Crippen molar-refractivity contribution in [1.29, 1.82) is 0 Å². The second kappa shape index (κ2) is 8.88. The fourth-order valence-electron chi connectivity index (χ4n) is 4.18. The van der Waals surface area contributed by atoms with Gasteiger partial charge in [-0.05, 0) is 57.6 Å². The first-order chi connectivity index (χ1) is 14.8. The van der Waals surface area contributed by atoms with Gasteiger partial charge in [0, 0.05) is 30.2 Å². The normalized spacial score (nSPS) is 13.8. The molecule has 3 rings (SSSR count). The highest BCUT2D eigenvalue weighted by Gasteiger charge is 2.43. The van der Waals surface area contributed by atoms with Crippen LogP contribution in [0.25, 0.3) is 10.9 Å². The average Bonchev–Trinajstić information content (AvgIpc) is 2.96. The highest BCUT2D eigenvalue weighted by atomic mass is 32.2. The van der Waals surface area contributed by atoms with Gasteiger partial charge in [0.25, 0.3) is 0 Å². The van der Waals surface area contributed by atoms with E-state index in [1.807, 2.05) is 42.8 Å². The smallest absolute Gasteiger partial charge is 0.345 e. The van der Waals surface area contributed by atoms with Gasteiger partial charge in [0.2, 0.25) is 10.0 Å². The molecule has 0 saturated heterocycles. The van der Waals surface area contributed by atoms with Gasteiger partial charge >= 0.3 is 6.18 Å². The molecule has 0 aliphatic heterocycles. The summed E-state index contributed by atoms with van der Waals surface area (Å²) in [6, 6.07) is 8.20. The lowest BCUT2D eigenvalue weighted by Crippen LogP contribution is -2.48. The minimum absolute atomic E-state index is 0.108. The predicted octanol–water partition coefficient (Wildman–Crippen LogP) is 4.54. The van der Waals surface area contributed by atoms with Gasteiger partial charge in [0.1, 0.15) is 6.04 Å². The fraction of sp³-hybridized carbons (Fsp3) is 0.391. The third-order valence-corrected chi connectivity index (χ3v) is 7.08. The van der Waals surface area contributed by atoms with Gasteiger partial charge in [-0.1, -0.05) is 35.9 Å². The summed E-state index contributed by atoms with van der Waals surface area (Å²) in [5.74, 6) is 0. The summed E-state index contributed by atoms with van der Waals surface area (Å²) in [4.78, 5) is 1.82. The average molecular weight is 468 g/mol. The van der Waals surface area contributed by atoms with Crippen molar-refractivity contribution in [1.82, 2.24) is 14.2 Å². The van der Waals surface area contributed by atoms with E-state index in [4.69, 9.17) is 0 Å². The highest BCUT2D eigenvalue weighted by molar-refractivity contribution is 7.89. The van der Waals surface area contributed by atoms with E-state index in [1.165, 1.54) is 4.57 Å². The van der Waals surface area contributed by atoms with Gasteiger partial charge in [-0.15, -0.1) is 0 Å². The van der Waals surface area contributed by atoms with Crippen molar-refractivity contribution in [2.24, 2.45) is 0 Å². The van der Waals surface area contributed by atoms with Gasteiger partial charge < -0.3 is 9.47 Å². The summed E-state index contributed by atoms with van der Waals surface area (Å²) in [6.45, 7) is 4.97. The van der Waals surface area contributed by atoms with Crippen molar-refractivity contribution in [2.75, 3.05) is 14.1 Å². The van der Waals surface area contributed by atoms with Crippen LogP contribution < -0.4 is 4.72 Å². The molecule has 5 nitrogen and oxygen atoms in total. The van der Waals surface area contributed by atoms with Crippen LogP contribution in [0.1, 0.15) is 22.3 Å². The van der Waals surface area contributed by atoms with E-state index in [-0.39, 0.29) is 4.90 Å². The zero-order valence-corrected chi connectivity index (χ0v) is 19.6. The number of fused-ring (bicyclic) bond motifs is 1. The topological polar surface area (TPSA) is 54.3 Å². The zero-order valence-electron chi connectivity index (χ0n) is 18.8. The number of hydrogen-bond acceptors (Lipinski definition) is 3. The fourth-order valence-corrected chi connectivity index (χ4v) is 5.85. The number of para-hydroxylation sites is 1. The molecule has 1 unspecified atom stereocenters. The second-order valence-electron chi connectivity index (χ2n) is 8.50. The summed E-state index contributed by atoms with van der Waals surface area (Å²) in [6.07, 6.45) is -3.10. The molecule has 0 spiro atoms. The van der Waals surface area contributed by atoms with Crippen LogP contribution in [0.3, 0.4) is 0 Å². The largest absolute Gasteiger partial charge is 0.406 e. The van der Waals surface area contributed by atoms with Gasteiger partial charge in [0.05, 0.1) is 4.90 Å². The number of sulfonamides is 1. The molecule has 1 N–H and O–H groups in total. The van der Waals surface area contributed by atoms with Gasteiger partial charge in [-0.2, -0.15) is 17.9 Å². The number of rotatable bonds is 7. The zero-order chi connectivity index (χ0) is 23.8. The lowest BCUT2D eigenvalue weighted by Gasteiger charge is -2.24. The van der Waals surface area contributed by atoms with Crippen molar-refractivity contribution < 1.29 is 21.6 Å². The number of benzene rings is 2. The van der Waals surface area contributed by atoms with Crippen LogP contribution in [0.2, 0.25) is 0 Å². The predicted molar refractivity (Wildman–Crippen MR) is 120 cm³/mol. The van der Waals surface area contributed by atoms with Crippen molar-refractivity contribution in [2.45, 2.75) is 51.0 Å². The minimum Gasteiger partial charge on any atom is -0.345 e. The quantitative estimate of drug-likeness (QED) is 0.555. The molecule has 1 heterocycles. The molecule has 0 fully saturated rings. The molecule has 0 saturated carbocycles. The van der Waals surface area contributed by atoms with E-state index in [9.17, 15) is 21.6 Å². The SMILES string of the molecule is Cc1cc(C)c(S(=O)(=O)NC(Cn2cc(CN(C)C)c3ccccc32)C(F)(F)F)c(C)c1. The number of halogens is 3. The Bertz CT molecular complexity index is 1210. The Balaban J connectivity index is 2.01. The van der Waals surface area contributed by atoms with Crippen LogP contribution in [0.5, 0.6) is 0 Å². The molecule has 174 valence electrons. The van der Waals surface area contributed by atoms with Crippen molar-refractivity contribution in [3.05, 3.63) is 64.8 Å². The summed E-state index contributed by atoms with van der Waals surface area (Å²) >= 11 is 0. The van der Waals surface area contributed by atoms with Crippen LogP contribution in [0.15, 0.2) is 47.5 Å². The number of alkyl halides is 3. The molecule has 1 aromatic heterocycles. The number of aromatic nitrogens is 1. The monoisotopic (exact) mass is 467 g/mol. The molecule has 2 aromatic carbocycles. The molecule has 0 amide bonds. The maximum Gasteiger partial charge on any atom is 0.406 e. The Morgan fingerprint density at radius 1 is 1.06 bits per heavy atom. The maximum atomic E-state index is 14.0. The third kappa shape index (κ3) is 5.16. The molecular formula is C23H28F3N3O2S. The first-order valence-electron chi connectivity index (χ1n) is 10.2. The molecule has 3 aromatic rings. The third-order valence-electron chi connectivity index (χ3n) is 5.30. The van der Waals surface area contributed by atoms with E-state index in [0.717, 1.165) is 16.5 Å². The Kier molecular flexibility index (Phi) is 6.74. The van der Waals surface area contributed by atoms with E-state index >= 15 is 0 Å². The highest BCUT2D eigenvalue weighted by Crippen LogP contribution is 2.29. The number of aryl methyl sites for hydroxylation is 3. The Morgan fingerprint density at radius 2 is 1.66 bits per heavy atom. The molecule has 0 radical (unpaired) electrons. The van der Waals surface area contributed by atoms with Crippen LogP contribution in [-0.4, -0.2) is 44.2 Å². The van der Waals surface area contributed by atoms with E-state index < -0.39 is 28.8 Å². The molecule has 0 aliphatic rings. The van der Waals surface area contributed by atoms with Crippen molar-refractivity contribution >= 4 is 20.9 Å². The van der Waals surface area contributed by atoms with Crippen LogP contribution >= 0.6 is 0 Å². The van der Waals surface area contributed by atoms with Crippen molar-refractivity contribution in [3.8, 4) is 0 Å². The summed E-state index contributed by atoms with van der Waals surface area (Å²) in [7, 11) is -0.638. The van der Waals surface area contributed by atoms with Crippen LogP contribution in [0, 0.1) is 20.8 Å². The summed E-state index contributed by atoms with van der Waals surface area (Å²) in [5, 5.41) is 0.843. The minimum atomic E-state index is -4.77. The molecule has 0 bridgehead atoms. The van der Waals surface area contributed by atoms with E-state index in [1.54, 1.807) is 44.3 Å². The first kappa shape index (κ1) is 24.3. The molecule has 32 heavy (non-hydrogen) atoms. The molecule has 9 heteroatoms. The van der Waals surface area contributed by atoms with Crippen LogP contribution in [-0.2, 0) is 23.1 Å². The van der Waals surface area contributed by atoms with Crippen molar-refractivity contribution in [3.63, 3.8) is 0 Å². The number of nitrogens with one attached hydrogen (secondary N) is 1.